The summed E-state index contributed by atoms with van der Waals surface area (Å²) in [6, 6.07) is 16.3. The summed E-state index contributed by atoms with van der Waals surface area (Å²) in [4.78, 5) is 14.0. The molecule has 5 heteroatoms. The number of aryl methyl sites for hydroxylation is 1. The third-order valence-electron chi connectivity index (χ3n) is 3.79. The van der Waals surface area contributed by atoms with Crippen molar-refractivity contribution in [3.8, 4) is 0 Å². The van der Waals surface area contributed by atoms with Crippen LogP contribution in [-0.4, -0.2) is 17.5 Å². The highest BCUT2D eigenvalue weighted by Gasteiger charge is 2.20. The number of nitrogens with one attached hydrogen (secondary N) is 1. The van der Waals surface area contributed by atoms with Gasteiger partial charge in [0, 0.05) is 29.4 Å². The number of aromatic nitrogens is 1. The van der Waals surface area contributed by atoms with Gasteiger partial charge in [-0.25, -0.2) is 0 Å². The van der Waals surface area contributed by atoms with E-state index in [-0.39, 0.29) is 0 Å². The maximum absolute atomic E-state index is 12.0. The number of nitrogens with zero attached hydrogens (tertiary/aromatic N) is 1. The Kier molecular flexibility index (Phi) is 4.41. The molecule has 0 spiro atoms. The van der Waals surface area contributed by atoms with Crippen molar-refractivity contribution in [2.75, 3.05) is 7.05 Å². The van der Waals surface area contributed by atoms with E-state index in [2.05, 4.69) is 17.4 Å². The highest BCUT2D eigenvalue weighted by Crippen LogP contribution is 2.38. The van der Waals surface area contributed by atoms with Crippen molar-refractivity contribution in [1.82, 2.24) is 9.88 Å². The second-order valence-corrected chi connectivity index (χ2v) is 6.48. The van der Waals surface area contributed by atoms with E-state index in [1.165, 1.54) is 5.56 Å². The first-order valence-electron chi connectivity index (χ1n) is 7.40. The van der Waals surface area contributed by atoms with Gasteiger partial charge in [0.2, 0.25) is 0 Å². The summed E-state index contributed by atoms with van der Waals surface area (Å²) in [5.74, 6) is -0.405. The van der Waals surface area contributed by atoms with Gasteiger partial charge in [-0.15, -0.1) is 0 Å². The van der Waals surface area contributed by atoms with Crippen LogP contribution in [-0.2, 0) is 13.6 Å². The van der Waals surface area contributed by atoms with E-state index in [0.29, 0.717) is 5.69 Å². The normalized spacial score (nSPS) is 11.0. The summed E-state index contributed by atoms with van der Waals surface area (Å²) >= 11 is 1.58. The van der Waals surface area contributed by atoms with Gasteiger partial charge in [0.15, 0.2) is 0 Å². The number of amides is 1. The van der Waals surface area contributed by atoms with Gasteiger partial charge in [-0.1, -0.05) is 36.0 Å². The lowest BCUT2D eigenvalue weighted by atomic mass is 10.1. The maximum Gasteiger partial charge on any atom is 0.266 e. The molecular weight excluding hydrogens is 306 g/mol. The van der Waals surface area contributed by atoms with Crippen LogP contribution in [0.1, 0.15) is 16.1 Å². The Morgan fingerprint density at radius 3 is 2.61 bits per heavy atom. The molecule has 0 unspecified atom stereocenters. The van der Waals surface area contributed by atoms with Gasteiger partial charge in [-0.3, -0.25) is 4.79 Å². The fourth-order valence-electron chi connectivity index (χ4n) is 2.76. The summed E-state index contributed by atoms with van der Waals surface area (Å²) in [6.45, 7) is 0.784. The topological polar surface area (TPSA) is 60.0 Å². The van der Waals surface area contributed by atoms with Gasteiger partial charge in [-0.2, -0.15) is 0 Å². The van der Waals surface area contributed by atoms with Gasteiger partial charge >= 0.3 is 0 Å². The molecule has 4 nitrogen and oxygen atoms in total. The van der Waals surface area contributed by atoms with E-state index in [9.17, 15) is 4.79 Å². The number of carbonyl (C=O) groups is 1. The standard InChI is InChI=1S/C18H19N3OS/c1-20-11-12-8-9-15-14(10-12)17(16(18(19)22)21(15)2)23-13-6-4-3-5-7-13/h3-10,20H,11H2,1-2H3,(H2,19,22). The van der Waals surface area contributed by atoms with Gasteiger partial charge < -0.3 is 15.6 Å². The zero-order valence-corrected chi connectivity index (χ0v) is 14.0. The summed E-state index contributed by atoms with van der Waals surface area (Å²) < 4.78 is 1.88. The summed E-state index contributed by atoms with van der Waals surface area (Å²) in [5, 5.41) is 4.22. The van der Waals surface area contributed by atoms with Crippen LogP contribution in [0.4, 0.5) is 0 Å². The number of fused-ring (bicyclic) bond motifs is 1. The average molecular weight is 325 g/mol. The van der Waals surface area contributed by atoms with Crippen LogP contribution in [0.3, 0.4) is 0 Å². The number of hydrogen-bond acceptors (Lipinski definition) is 3. The minimum absolute atomic E-state index is 0.405. The first kappa shape index (κ1) is 15.6. The lowest BCUT2D eigenvalue weighted by Crippen LogP contribution is -2.16. The molecule has 0 saturated carbocycles. The summed E-state index contributed by atoms with van der Waals surface area (Å²) in [6.07, 6.45) is 0. The predicted octanol–water partition coefficient (Wildman–Crippen LogP) is 3.15. The smallest absolute Gasteiger partial charge is 0.266 e. The molecule has 0 aliphatic heterocycles. The molecule has 3 rings (SSSR count). The van der Waals surface area contributed by atoms with Crippen LogP contribution < -0.4 is 11.1 Å². The Morgan fingerprint density at radius 2 is 1.96 bits per heavy atom. The molecule has 2 aromatic carbocycles. The molecule has 0 aliphatic rings. The first-order chi connectivity index (χ1) is 11.1. The van der Waals surface area contributed by atoms with Gasteiger partial charge in [0.25, 0.3) is 5.91 Å². The first-order valence-corrected chi connectivity index (χ1v) is 8.22. The number of carbonyl (C=O) groups excluding carboxylic acids is 1. The molecule has 1 heterocycles. The lowest BCUT2D eigenvalue weighted by Gasteiger charge is -2.04. The SMILES string of the molecule is CNCc1ccc2c(c1)c(Sc1ccccc1)c(C(N)=O)n2C. The molecular formula is C18H19N3OS. The van der Waals surface area contributed by atoms with Crippen molar-refractivity contribution in [2.24, 2.45) is 12.8 Å². The van der Waals surface area contributed by atoms with Gasteiger partial charge in [0.05, 0.1) is 4.90 Å². The molecule has 0 aliphatic carbocycles. The summed E-state index contributed by atoms with van der Waals surface area (Å²) in [7, 11) is 3.80. The van der Waals surface area contributed by atoms with E-state index in [1.807, 2.05) is 55.1 Å². The van der Waals surface area contributed by atoms with Crippen molar-refractivity contribution in [2.45, 2.75) is 16.3 Å². The van der Waals surface area contributed by atoms with Crippen LogP contribution in [0.5, 0.6) is 0 Å². The van der Waals surface area contributed by atoms with Crippen molar-refractivity contribution in [3.63, 3.8) is 0 Å². The van der Waals surface area contributed by atoms with E-state index >= 15 is 0 Å². The van der Waals surface area contributed by atoms with Gasteiger partial charge in [0.1, 0.15) is 5.69 Å². The molecule has 3 aromatic rings. The number of hydrogen-bond donors (Lipinski definition) is 2. The van der Waals surface area contributed by atoms with Crippen LogP contribution in [0.2, 0.25) is 0 Å². The fraction of sp³-hybridized carbons (Fsp3) is 0.167. The quantitative estimate of drug-likeness (QED) is 0.757. The molecule has 0 fully saturated rings. The van der Waals surface area contributed by atoms with Crippen LogP contribution in [0.25, 0.3) is 10.9 Å². The Morgan fingerprint density at radius 1 is 1.22 bits per heavy atom. The molecule has 0 bridgehead atoms. The number of benzene rings is 2. The molecule has 0 radical (unpaired) electrons. The molecule has 0 atom stereocenters. The summed E-state index contributed by atoms with van der Waals surface area (Å²) in [5.41, 5.74) is 8.38. The second-order valence-electron chi connectivity index (χ2n) is 5.40. The van der Waals surface area contributed by atoms with E-state index in [4.69, 9.17) is 5.73 Å². The largest absolute Gasteiger partial charge is 0.364 e. The zero-order chi connectivity index (χ0) is 16.4. The van der Waals surface area contributed by atoms with Crippen LogP contribution >= 0.6 is 11.8 Å². The number of nitrogens with two attached hydrogens (primary N) is 1. The molecule has 1 aromatic heterocycles. The molecule has 118 valence electrons. The van der Waals surface area contributed by atoms with Gasteiger partial charge in [-0.05, 0) is 36.9 Å². The second kappa shape index (κ2) is 6.48. The van der Waals surface area contributed by atoms with Crippen molar-refractivity contribution >= 4 is 28.6 Å². The van der Waals surface area contributed by atoms with Crippen molar-refractivity contribution < 1.29 is 4.79 Å². The lowest BCUT2D eigenvalue weighted by molar-refractivity contribution is 0.0990. The maximum atomic E-state index is 12.0. The van der Waals surface area contributed by atoms with E-state index in [0.717, 1.165) is 27.2 Å². The van der Waals surface area contributed by atoms with Crippen molar-refractivity contribution in [1.29, 1.82) is 0 Å². The molecule has 0 saturated heterocycles. The number of primary amides is 1. The third kappa shape index (κ3) is 2.98. The minimum atomic E-state index is -0.405. The Labute approximate surface area is 139 Å². The Balaban J connectivity index is 2.20. The van der Waals surface area contributed by atoms with E-state index in [1.54, 1.807) is 11.8 Å². The Bertz CT molecular complexity index is 856. The van der Waals surface area contributed by atoms with Crippen LogP contribution in [0.15, 0.2) is 58.3 Å². The molecule has 23 heavy (non-hydrogen) atoms. The monoisotopic (exact) mass is 325 g/mol. The van der Waals surface area contributed by atoms with Crippen molar-refractivity contribution in [3.05, 3.63) is 59.8 Å². The zero-order valence-electron chi connectivity index (χ0n) is 13.2. The van der Waals surface area contributed by atoms with Crippen LogP contribution in [0, 0.1) is 0 Å². The fourth-order valence-corrected chi connectivity index (χ4v) is 3.90. The number of rotatable bonds is 5. The highest BCUT2D eigenvalue weighted by atomic mass is 32.2. The minimum Gasteiger partial charge on any atom is -0.364 e. The third-order valence-corrected chi connectivity index (χ3v) is 4.92. The van der Waals surface area contributed by atoms with E-state index < -0.39 is 5.91 Å². The molecule has 1 amide bonds. The predicted molar refractivity (Wildman–Crippen MR) is 94.8 cm³/mol. The Hall–Kier alpha value is -2.24. The highest BCUT2D eigenvalue weighted by molar-refractivity contribution is 7.99. The average Bonchev–Trinajstić information content (AvgIpc) is 2.81. The molecule has 3 N–H and O–H groups in total.